The summed E-state index contributed by atoms with van der Waals surface area (Å²) in [6.07, 6.45) is 1.03. The molecule has 0 spiro atoms. The summed E-state index contributed by atoms with van der Waals surface area (Å²) in [5.41, 5.74) is 1.01. The van der Waals surface area contributed by atoms with Gasteiger partial charge in [-0.2, -0.15) is 0 Å². The molecule has 0 saturated carbocycles. The molecule has 8 heteroatoms. The number of hydrogen-bond acceptors (Lipinski definition) is 3. The molecule has 0 radical (unpaired) electrons. The van der Waals surface area contributed by atoms with Crippen molar-refractivity contribution in [1.29, 1.82) is 0 Å². The Hall–Kier alpha value is -2.12. The maximum atomic E-state index is 13.0. The molecule has 0 saturated heterocycles. The van der Waals surface area contributed by atoms with E-state index in [0.717, 1.165) is 10.6 Å². The minimum absolute atomic E-state index is 0.303. The van der Waals surface area contributed by atoms with Crippen LogP contribution in [0.3, 0.4) is 0 Å². The topological polar surface area (TPSA) is 66.5 Å². The molecule has 2 atom stereocenters. The van der Waals surface area contributed by atoms with Gasteiger partial charge in [0.25, 0.3) is 0 Å². The molecule has 0 aliphatic carbocycles. The van der Waals surface area contributed by atoms with Crippen LogP contribution < -0.4 is 9.62 Å². The Balaban J connectivity index is 2.23. The van der Waals surface area contributed by atoms with Crippen molar-refractivity contribution in [2.45, 2.75) is 25.9 Å². The Labute approximate surface area is 157 Å². The number of hydrogen-bond donors (Lipinski definition) is 1. The van der Waals surface area contributed by atoms with Gasteiger partial charge in [-0.15, -0.1) is 0 Å². The largest absolute Gasteiger partial charge is 0.348 e. The predicted molar refractivity (Wildman–Crippen MR) is 101 cm³/mol. The van der Waals surface area contributed by atoms with Gasteiger partial charge in [-0.25, -0.2) is 12.8 Å². The second-order valence-corrected chi connectivity index (χ2v) is 8.29. The number of benzene rings is 2. The van der Waals surface area contributed by atoms with E-state index < -0.39 is 28.0 Å². The van der Waals surface area contributed by atoms with E-state index >= 15 is 0 Å². The highest BCUT2D eigenvalue weighted by Crippen LogP contribution is 2.24. The Bertz CT molecular complexity index is 888. The fourth-order valence-corrected chi connectivity index (χ4v) is 3.94. The van der Waals surface area contributed by atoms with Crippen molar-refractivity contribution in [2.75, 3.05) is 10.6 Å². The molecule has 0 aliphatic rings. The molecule has 1 N–H and O–H groups in total. The standard InChI is InChI=1S/C18H20ClFN2O3S/c1-12(14-7-9-16(20)10-8-14)21-18(23)13(2)22(26(3,24)25)17-6-4-5-15(19)11-17/h4-13H,1-3H3,(H,21,23)/t12-,13+/m0/s1. The molecule has 1 amide bonds. The van der Waals surface area contributed by atoms with Gasteiger partial charge in [0.05, 0.1) is 18.0 Å². The Morgan fingerprint density at radius 3 is 2.31 bits per heavy atom. The van der Waals surface area contributed by atoms with Crippen molar-refractivity contribution in [3.05, 3.63) is 64.9 Å². The monoisotopic (exact) mass is 398 g/mol. The van der Waals surface area contributed by atoms with Crippen molar-refractivity contribution in [2.24, 2.45) is 0 Å². The van der Waals surface area contributed by atoms with E-state index in [1.54, 1.807) is 37.3 Å². The lowest BCUT2D eigenvalue weighted by Gasteiger charge is -2.29. The van der Waals surface area contributed by atoms with Gasteiger partial charge in [0.1, 0.15) is 11.9 Å². The third kappa shape index (κ3) is 4.95. The zero-order valence-electron chi connectivity index (χ0n) is 14.6. The molecule has 0 aromatic heterocycles. The molecular formula is C18H20ClFN2O3S. The van der Waals surface area contributed by atoms with Gasteiger partial charge in [0, 0.05) is 5.02 Å². The first kappa shape index (κ1) is 20.2. The number of halogens is 2. The van der Waals surface area contributed by atoms with Gasteiger partial charge in [-0.1, -0.05) is 29.8 Å². The van der Waals surface area contributed by atoms with E-state index in [1.165, 1.54) is 25.1 Å². The molecule has 0 aliphatic heterocycles. The van der Waals surface area contributed by atoms with Crippen LogP contribution in [-0.2, 0) is 14.8 Å². The molecule has 0 unspecified atom stereocenters. The summed E-state index contributed by atoms with van der Waals surface area (Å²) in [6.45, 7) is 3.23. The van der Waals surface area contributed by atoms with Gasteiger partial charge >= 0.3 is 0 Å². The molecule has 140 valence electrons. The Kier molecular flexibility index (Phi) is 6.26. The predicted octanol–water partition coefficient (Wildman–Crippen LogP) is 3.51. The lowest BCUT2D eigenvalue weighted by Crippen LogP contribution is -2.48. The van der Waals surface area contributed by atoms with Crippen LogP contribution in [0.2, 0.25) is 5.02 Å². The van der Waals surface area contributed by atoms with Gasteiger partial charge in [0.2, 0.25) is 15.9 Å². The van der Waals surface area contributed by atoms with E-state index in [9.17, 15) is 17.6 Å². The van der Waals surface area contributed by atoms with Gasteiger partial charge in [-0.3, -0.25) is 9.10 Å². The fraction of sp³-hybridized carbons (Fsp3) is 0.278. The quantitative estimate of drug-likeness (QED) is 0.809. The third-order valence-corrected chi connectivity index (χ3v) is 5.36. The van der Waals surface area contributed by atoms with Gasteiger partial charge in [0.15, 0.2) is 0 Å². The maximum Gasteiger partial charge on any atom is 0.244 e. The van der Waals surface area contributed by atoms with Crippen molar-refractivity contribution in [1.82, 2.24) is 5.32 Å². The summed E-state index contributed by atoms with van der Waals surface area (Å²) in [4.78, 5) is 12.6. The molecule has 0 bridgehead atoms. The summed E-state index contributed by atoms with van der Waals surface area (Å²) >= 11 is 5.95. The lowest BCUT2D eigenvalue weighted by molar-refractivity contribution is -0.122. The average Bonchev–Trinajstić information content (AvgIpc) is 2.54. The summed E-state index contributed by atoms with van der Waals surface area (Å²) in [6, 6.07) is 10.6. The van der Waals surface area contributed by atoms with Crippen LogP contribution in [0.25, 0.3) is 0 Å². The highest BCUT2D eigenvalue weighted by Gasteiger charge is 2.30. The normalized spacial score (nSPS) is 13.7. The number of sulfonamides is 1. The lowest BCUT2D eigenvalue weighted by atomic mass is 10.1. The number of rotatable bonds is 6. The van der Waals surface area contributed by atoms with Crippen molar-refractivity contribution >= 4 is 33.2 Å². The number of carbonyl (C=O) groups excluding carboxylic acids is 1. The van der Waals surface area contributed by atoms with Crippen LogP contribution in [0.5, 0.6) is 0 Å². The van der Waals surface area contributed by atoms with Crippen molar-refractivity contribution in [3.8, 4) is 0 Å². The average molecular weight is 399 g/mol. The molecule has 0 fully saturated rings. The first-order chi connectivity index (χ1) is 12.1. The second-order valence-electron chi connectivity index (χ2n) is 6.00. The van der Waals surface area contributed by atoms with Crippen LogP contribution in [-0.4, -0.2) is 26.6 Å². The zero-order chi connectivity index (χ0) is 19.5. The molecular weight excluding hydrogens is 379 g/mol. The smallest absolute Gasteiger partial charge is 0.244 e. The van der Waals surface area contributed by atoms with E-state index in [-0.39, 0.29) is 5.82 Å². The van der Waals surface area contributed by atoms with E-state index in [4.69, 9.17) is 11.6 Å². The van der Waals surface area contributed by atoms with Crippen molar-refractivity contribution < 1.29 is 17.6 Å². The Morgan fingerprint density at radius 2 is 1.77 bits per heavy atom. The fourth-order valence-electron chi connectivity index (χ4n) is 2.59. The molecule has 2 rings (SSSR count). The highest BCUT2D eigenvalue weighted by atomic mass is 35.5. The van der Waals surface area contributed by atoms with Crippen LogP contribution in [0.1, 0.15) is 25.5 Å². The van der Waals surface area contributed by atoms with Gasteiger partial charge < -0.3 is 5.32 Å². The second kappa shape index (κ2) is 8.05. The summed E-state index contributed by atoms with van der Waals surface area (Å²) in [7, 11) is -3.72. The molecule has 2 aromatic carbocycles. The van der Waals surface area contributed by atoms with E-state index in [1.807, 2.05) is 0 Å². The summed E-state index contributed by atoms with van der Waals surface area (Å²) in [5, 5.41) is 3.12. The highest BCUT2D eigenvalue weighted by molar-refractivity contribution is 7.92. The number of nitrogens with zero attached hydrogens (tertiary/aromatic N) is 1. The minimum Gasteiger partial charge on any atom is -0.348 e. The first-order valence-electron chi connectivity index (χ1n) is 7.90. The van der Waals surface area contributed by atoms with Crippen LogP contribution in [0.4, 0.5) is 10.1 Å². The molecule has 26 heavy (non-hydrogen) atoms. The number of carbonyl (C=O) groups is 1. The van der Waals surface area contributed by atoms with Crippen LogP contribution in [0.15, 0.2) is 48.5 Å². The number of nitrogens with one attached hydrogen (secondary N) is 1. The van der Waals surface area contributed by atoms with E-state index in [0.29, 0.717) is 16.3 Å². The SMILES string of the molecule is C[C@H](NC(=O)[C@@H](C)N(c1cccc(Cl)c1)S(C)(=O)=O)c1ccc(F)cc1. The van der Waals surface area contributed by atoms with E-state index in [2.05, 4.69) is 5.32 Å². The van der Waals surface area contributed by atoms with Crippen molar-refractivity contribution in [3.63, 3.8) is 0 Å². The summed E-state index contributed by atoms with van der Waals surface area (Å²) in [5.74, 6) is -0.850. The minimum atomic E-state index is -3.72. The maximum absolute atomic E-state index is 13.0. The third-order valence-electron chi connectivity index (χ3n) is 3.88. The first-order valence-corrected chi connectivity index (χ1v) is 10.1. The Morgan fingerprint density at radius 1 is 1.15 bits per heavy atom. The van der Waals surface area contributed by atoms with Crippen LogP contribution in [0, 0.1) is 5.82 Å². The number of amides is 1. The molecule has 2 aromatic rings. The molecule has 5 nitrogen and oxygen atoms in total. The molecule has 0 heterocycles. The van der Waals surface area contributed by atoms with Gasteiger partial charge in [-0.05, 0) is 49.7 Å². The summed E-state index contributed by atoms with van der Waals surface area (Å²) < 4.78 is 38.5. The van der Waals surface area contributed by atoms with Crippen LogP contribution >= 0.6 is 11.6 Å². The zero-order valence-corrected chi connectivity index (χ0v) is 16.2. The number of anilines is 1.